The molecule has 0 spiro atoms. The standard InChI is InChI=1S/C17H24O2/c1-16(2)7-5-12(6-8-16)14-10-17(3,4)9-13(11-18)15(14)19/h5,9,11,14H,6-8,10H2,1-4H3. The van der Waals surface area contributed by atoms with Gasteiger partial charge in [0, 0.05) is 5.92 Å². The summed E-state index contributed by atoms with van der Waals surface area (Å²) in [6.45, 7) is 8.74. The van der Waals surface area contributed by atoms with Crippen molar-refractivity contribution in [2.24, 2.45) is 16.7 Å². The van der Waals surface area contributed by atoms with Gasteiger partial charge in [-0.25, -0.2) is 0 Å². The zero-order valence-electron chi connectivity index (χ0n) is 12.5. The SMILES string of the molecule is CC1(C)C=C(C=O)C(=O)C(C2=CCC(C)(C)CC2)C1. The van der Waals surface area contributed by atoms with Crippen molar-refractivity contribution < 1.29 is 9.59 Å². The van der Waals surface area contributed by atoms with Crippen LogP contribution in [0.1, 0.15) is 53.4 Å². The predicted octanol–water partition coefficient (Wildman–Crippen LogP) is 3.86. The summed E-state index contributed by atoms with van der Waals surface area (Å²) in [6.07, 6.45) is 8.79. The van der Waals surface area contributed by atoms with Crippen LogP contribution in [0.25, 0.3) is 0 Å². The van der Waals surface area contributed by atoms with E-state index in [-0.39, 0.29) is 17.1 Å². The van der Waals surface area contributed by atoms with Crippen LogP contribution in [-0.2, 0) is 9.59 Å². The fourth-order valence-electron chi connectivity index (χ4n) is 3.17. The molecule has 1 unspecified atom stereocenters. The first kappa shape index (κ1) is 14.2. The molecule has 0 saturated carbocycles. The summed E-state index contributed by atoms with van der Waals surface area (Å²) in [4.78, 5) is 23.4. The van der Waals surface area contributed by atoms with Gasteiger partial charge in [-0.3, -0.25) is 9.59 Å². The Balaban J connectivity index is 2.27. The van der Waals surface area contributed by atoms with Crippen molar-refractivity contribution in [3.63, 3.8) is 0 Å². The van der Waals surface area contributed by atoms with Crippen LogP contribution < -0.4 is 0 Å². The fraction of sp³-hybridized carbons (Fsp3) is 0.647. The lowest BCUT2D eigenvalue weighted by Crippen LogP contribution is -2.32. The van der Waals surface area contributed by atoms with Crippen molar-refractivity contribution in [2.75, 3.05) is 0 Å². The van der Waals surface area contributed by atoms with Gasteiger partial charge in [-0.15, -0.1) is 0 Å². The van der Waals surface area contributed by atoms with Gasteiger partial charge in [-0.1, -0.05) is 45.4 Å². The number of rotatable bonds is 2. The maximum absolute atomic E-state index is 12.4. The average Bonchev–Trinajstić information content (AvgIpc) is 2.32. The Morgan fingerprint density at radius 3 is 2.47 bits per heavy atom. The quantitative estimate of drug-likeness (QED) is 0.429. The van der Waals surface area contributed by atoms with E-state index in [4.69, 9.17) is 0 Å². The second-order valence-corrected chi connectivity index (χ2v) is 7.47. The fourth-order valence-corrected chi connectivity index (χ4v) is 3.17. The first-order valence-electron chi connectivity index (χ1n) is 7.15. The number of carbonyl (C=O) groups excluding carboxylic acids is 2. The van der Waals surface area contributed by atoms with Crippen molar-refractivity contribution in [3.05, 3.63) is 23.3 Å². The molecule has 0 bridgehead atoms. The molecule has 2 rings (SSSR count). The zero-order chi connectivity index (χ0) is 14.3. The van der Waals surface area contributed by atoms with E-state index < -0.39 is 0 Å². The summed E-state index contributed by atoms with van der Waals surface area (Å²) < 4.78 is 0. The van der Waals surface area contributed by atoms with Crippen LogP contribution in [0.15, 0.2) is 23.3 Å². The number of aldehydes is 1. The first-order chi connectivity index (χ1) is 8.74. The van der Waals surface area contributed by atoms with Crippen LogP contribution in [-0.4, -0.2) is 12.1 Å². The zero-order valence-corrected chi connectivity index (χ0v) is 12.5. The lowest BCUT2D eigenvalue weighted by atomic mass is 9.67. The molecule has 0 radical (unpaired) electrons. The Bertz CT molecular complexity index is 464. The average molecular weight is 260 g/mol. The molecule has 2 nitrogen and oxygen atoms in total. The number of hydrogen-bond donors (Lipinski definition) is 0. The van der Waals surface area contributed by atoms with Crippen LogP contribution >= 0.6 is 0 Å². The number of allylic oxidation sites excluding steroid dienone is 4. The maximum Gasteiger partial charge on any atom is 0.172 e. The van der Waals surface area contributed by atoms with Gasteiger partial charge >= 0.3 is 0 Å². The molecule has 1 atom stereocenters. The highest BCUT2D eigenvalue weighted by Gasteiger charge is 2.37. The predicted molar refractivity (Wildman–Crippen MR) is 76.8 cm³/mol. The van der Waals surface area contributed by atoms with Gasteiger partial charge in [-0.05, 0) is 36.5 Å². The van der Waals surface area contributed by atoms with E-state index in [0.717, 1.165) is 32.0 Å². The summed E-state index contributed by atoms with van der Waals surface area (Å²) in [5.41, 5.74) is 1.90. The third kappa shape index (κ3) is 3.05. The molecular weight excluding hydrogens is 236 g/mol. The third-order valence-electron chi connectivity index (χ3n) is 4.46. The molecule has 0 aromatic heterocycles. The van der Waals surface area contributed by atoms with Crippen LogP contribution in [0, 0.1) is 16.7 Å². The second kappa shape index (κ2) is 4.73. The maximum atomic E-state index is 12.4. The molecule has 0 aliphatic heterocycles. The molecule has 0 amide bonds. The van der Waals surface area contributed by atoms with Crippen molar-refractivity contribution >= 4 is 12.1 Å². The third-order valence-corrected chi connectivity index (χ3v) is 4.46. The summed E-state index contributed by atoms with van der Waals surface area (Å²) in [7, 11) is 0. The molecule has 2 heteroatoms. The van der Waals surface area contributed by atoms with Crippen LogP contribution in [0.3, 0.4) is 0 Å². The summed E-state index contributed by atoms with van der Waals surface area (Å²) in [5, 5.41) is 0. The summed E-state index contributed by atoms with van der Waals surface area (Å²) in [5.74, 6) is -0.0448. The van der Waals surface area contributed by atoms with Gasteiger partial charge in [-0.2, -0.15) is 0 Å². The van der Waals surface area contributed by atoms with E-state index in [1.54, 1.807) is 0 Å². The van der Waals surface area contributed by atoms with Gasteiger partial charge < -0.3 is 0 Å². The van der Waals surface area contributed by atoms with Gasteiger partial charge in [0.15, 0.2) is 12.1 Å². The van der Waals surface area contributed by atoms with E-state index in [9.17, 15) is 9.59 Å². The van der Waals surface area contributed by atoms with Crippen LogP contribution in [0.2, 0.25) is 0 Å². The van der Waals surface area contributed by atoms with Gasteiger partial charge in [0.1, 0.15) is 0 Å². The Kier molecular flexibility index (Phi) is 3.55. The van der Waals surface area contributed by atoms with Crippen molar-refractivity contribution in [3.8, 4) is 0 Å². The molecule has 0 aromatic rings. The minimum absolute atomic E-state index is 0.0280. The van der Waals surface area contributed by atoms with Crippen molar-refractivity contribution in [1.29, 1.82) is 0 Å². The molecule has 0 fully saturated rings. The Morgan fingerprint density at radius 1 is 1.26 bits per heavy atom. The molecule has 0 N–H and O–H groups in total. The first-order valence-corrected chi connectivity index (χ1v) is 7.15. The number of Topliss-reactive ketones (excluding diaryl/α,β-unsaturated/α-hetero) is 1. The van der Waals surface area contributed by atoms with E-state index >= 15 is 0 Å². The molecule has 0 aromatic carbocycles. The smallest absolute Gasteiger partial charge is 0.172 e. The molecule has 104 valence electrons. The molecule has 2 aliphatic rings. The van der Waals surface area contributed by atoms with Crippen LogP contribution in [0.4, 0.5) is 0 Å². The lowest BCUT2D eigenvalue weighted by Gasteiger charge is -2.36. The minimum Gasteiger partial charge on any atom is -0.298 e. The number of hydrogen-bond acceptors (Lipinski definition) is 2. The van der Waals surface area contributed by atoms with E-state index in [1.165, 1.54) is 5.57 Å². The van der Waals surface area contributed by atoms with Gasteiger partial charge in [0.2, 0.25) is 0 Å². The normalized spacial score (nSPS) is 29.5. The monoisotopic (exact) mass is 260 g/mol. The highest BCUT2D eigenvalue weighted by Crippen LogP contribution is 2.43. The molecule has 0 saturated heterocycles. The number of carbonyl (C=O) groups is 2. The van der Waals surface area contributed by atoms with E-state index in [0.29, 0.717) is 11.0 Å². The highest BCUT2D eigenvalue weighted by molar-refractivity contribution is 6.14. The topological polar surface area (TPSA) is 34.1 Å². The van der Waals surface area contributed by atoms with Crippen LogP contribution in [0.5, 0.6) is 0 Å². The molecule has 0 heterocycles. The minimum atomic E-state index is -0.0729. The van der Waals surface area contributed by atoms with Crippen molar-refractivity contribution in [2.45, 2.75) is 53.4 Å². The van der Waals surface area contributed by atoms with Gasteiger partial charge in [0.25, 0.3) is 0 Å². The Hall–Kier alpha value is -1.18. The lowest BCUT2D eigenvalue weighted by molar-refractivity contribution is -0.121. The van der Waals surface area contributed by atoms with Gasteiger partial charge in [0.05, 0.1) is 5.57 Å². The molecular formula is C17H24O2. The summed E-state index contributed by atoms with van der Waals surface area (Å²) in [6, 6.07) is 0. The van der Waals surface area contributed by atoms with E-state index in [2.05, 4.69) is 33.8 Å². The summed E-state index contributed by atoms with van der Waals surface area (Å²) >= 11 is 0. The highest BCUT2D eigenvalue weighted by atomic mass is 16.1. The molecule has 19 heavy (non-hydrogen) atoms. The second-order valence-electron chi connectivity index (χ2n) is 7.47. The largest absolute Gasteiger partial charge is 0.298 e. The van der Waals surface area contributed by atoms with E-state index in [1.807, 2.05) is 6.08 Å². The number of ketones is 1. The Morgan fingerprint density at radius 2 is 1.95 bits per heavy atom. The van der Waals surface area contributed by atoms with Crippen molar-refractivity contribution in [1.82, 2.24) is 0 Å². The Labute approximate surface area is 116 Å². The molecule has 2 aliphatic carbocycles.